The van der Waals surface area contributed by atoms with Gasteiger partial charge in [-0.3, -0.25) is 14.4 Å². The minimum atomic E-state index is -1.17. The minimum Gasteiger partial charge on any atom is -0.460 e. The maximum atomic E-state index is 13.5. The molecule has 1 aliphatic carbocycles. The van der Waals surface area contributed by atoms with E-state index in [1.807, 2.05) is 24.3 Å². The van der Waals surface area contributed by atoms with Crippen molar-refractivity contribution >= 4 is 24.0 Å². The fourth-order valence-corrected chi connectivity index (χ4v) is 5.52. The summed E-state index contributed by atoms with van der Waals surface area (Å²) in [5.74, 6) is -1.37. The second-order valence-corrected chi connectivity index (χ2v) is 15.0. The molecule has 0 heterocycles. The number of fused-ring (bicyclic) bond motifs is 3. The zero-order valence-electron chi connectivity index (χ0n) is 29.0. The molecule has 2 aromatic rings. The zero-order valence-corrected chi connectivity index (χ0v) is 29.0. The van der Waals surface area contributed by atoms with Crippen molar-refractivity contribution in [1.29, 1.82) is 0 Å². The van der Waals surface area contributed by atoms with Crippen molar-refractivity contribution in [3.8, 4) is 11.1 Å². The van der Waals surface area contributed by atoms with Gasteiger partial charge in [-0.2, -0.15) is 0 Å². The van der Waals surface area contributed by atoms with Crippen LogP contribution in [0.2, 0.25) is 0 Å². The van der Waals surface area contributed by atoms with Crippen LogP contribution in [0, 0.1) is 0 Å². The van der Waals surface area contributed by atoms with Gasteiger partial charge in [0.05, 0.1) is 0 Å². The highest BCUT2D eigenvalue weighted by molar-refractivity contribution is 5.78. The van der Waals surface area contributed by atoms with Crippen LogP contribution < -0.4 is 5.32 Å². The molecule has 0 aliphatic heterocycles. The topological polar surface area (TPSA) is 117 Å². The number of amides is 1. The van der Waals surface area contributed by atoms with Crippen molar-refractivity contribution < 1.29 is 38.1 Å². The molecule has 46 heavy (non-hydrogen) atoms. The van der Waals surface area contributed by atoms with Gasteiger partial charge >= 0.3 is 24.0 Å². The van der Waals surface area contributed by atoms with E-state index in [4.69, 9.17) is 18.9 Å². The second kappa shape index (κ2) is 14.7. The SMILES string of the molecule is CC(C)(C)OC(=O)CCC(CCC(=O)OC(C)(C)C)(CCC(=O)OC(C)(C)C)NC(=O)OCc1cccc2c1Cc1ccccc1-2. The summed E-state index contributed by atoms with van der Waals surface area (Å²) < 4.78 is 22.4. The highest BCUT2D eigenvalue weighted by atomic mass is 16.6. The Bertz CT molecular complexity index is 1330. The molecule has 9 nitrogen and oxygen atoms in total. The van der Waals surface area contributed by atoms with Crippen molar-refractivity contribution in [2.24, 2.45) is 0 Å². The zero-order chi connectivity index (χ0) is 34.3. The molecule has 0 spiro atoms. The third-order valence-corrected chi connectivity index (χ3v) is 7.36. The molecule has 1 amide bonds. The van der Waals surface area contributed by atoms with Crippen LogP contribution >= 0.6 is 0 Å². The Balaban J connectivity index is 1.83. The monoisotopic (exact) mass is 637 g/mol. The number of rotatable bonds is 12. The van der Waals surface area contributed by atoms with Gasteiger partial charge in [-0.15, -0.1) is 0 Å². The summed E-state index contributed by atoms with van der Waals surface area (Å²) in [7, 11) is 0. The molecular weight excluding hydrogens is 586 g/mol. The Labute approximate surface area is 273 Å². The van der Waals surface area contributed by atoms with Crippen molar-refractivity contribution in [3.05, 3.63) is 59.2 Å². The van der Waals surface area contributed by atoms with Crippen LogP contribution in [0.15, 0.2) is 42.5 Å². The number of ether oxygens (including phenoxy) is 4. The standard InChI is InChI=1S/C37H51NO8/c1-34(2,3)44-30(39)17-20-37(21-18-31(40)45-35(4,5)6,22-19-32(41)46-36(7,8)9)38-33(42)43-24-26-14-12-16-28-27-15-11-10-13-25(27)23-29(26)28/h10-16H,17-24H2,1-9H3,(H,38,42). The molecule has 0 radical (unpaired) electrons. The third kappa shape index (κ3) is 11.8. The van der Waals surface area contributed by atoms with Crippen LogP contribution in [-0.4, -0.2) is 46.3 Å². The van der Waals surface area contributed by atoms with Gasteiger partial charge in [0.2, 0.25) is 0 Å². The van der Waals surface area contributed by atoms with Crippen LogP contribution in [0.25, 0.3) is 11.1 Å². The summed E-state index contributed by atoms with van der Waals surface area (Å²) in [6.07, 6.45) is 0.208. The van der Waals surface area contributed by atoms with Gasteiger partial charge in [0.25, 0.3) is 0 Å². The molecule has 9 heteroatoms. The number of hydrogen-bond donors (Lipinski definition) is 1. The lowest BCUT2D eigenvalue weighted by molar-refractivity contribution is -0.155. The van der Waals surface area contributed by atoms with Crippen LogP contribution in [0.3, 0.4) is 0 Å². The summed E-state index contributed by atoms with van der Waals surface area (Å²) in [6.45, 7) is 16.0. The Hall–Kier alpha value is -3.88. The number of carbonyl (C=O) groups is 4. The number of benzene rings is 2. The summed E-state index contributed by atoms with van der Waals surface area (Å²) in [5.41, 5.74) is 2.26. The van der Waals surface area contributed by atoms with Crippen LogP contribution in [-0.2, 0) is 46.4 Å². The van der Waals surface area contributed by atoms with E-state index in [0.717, 1.165) is 23.1 Å². The lowest BCUT2D eigenvalue weighted by Gasteiger charge is -2.35. The lowest BCUT2D eigenvalue weighted by Crippen LogP contribution is -2.50. The smallest absolute Gasteiger partial charge is 0.407 e. The number of alkyl carbamates (subject to hydrolysis) is 1. The van der Waals surface area contributed by atoms with Crippen LogP contribution in [0.5, 0.6) is 0 Å². The fourth-order valence-electron chi connectivity index (χ4n) is 5.52. The molecular formula is C37H51NO8. The lowest BCUT2D eigenvalue weighted by atomic mass is 9.83. The second-order valence-electron chi connectivity index (χ2n) is 15.0. The van der Waals surface area contributed by atoms with Gasteiger partial charge in [0, 0.05) is 24.8 Å². The Kier molecular flexibility index (Phi) is 11.7. The van der Waals surface area contributed by atoms with E-state index < -0.39 is 46.3 Å². The number of esters is 3. The number of carbonyl (C=O) groups excluding carboxylic acids is 4. The van der Waals surface area contributed by atoms with E-state index in [1.165, 1.54) is 11.1 Å². The molecule has 0 fully saturated rings. The summed E-state index contributed by atoms with van der Waals surface area (Å²) >= 11 is 0. The molecule has 0 unspecified atom stereocenters. The van der Waals surface area contributed by atoms with E-state index in [1.54, 1.807) is 62.3 Å². The Morgan fingerprint density at radius 1 is 0.630 bits per heavy atom. The van der Waals surface area contributed by atoms with E-state index in [-0.39, 0.29) is 45.1 Å². The molecule has 0 saturated heterocycles. The summed E-state index contributed by atoms with van der Waals surface area (Å²) in [6, 6.07) is 14.2. The van der Waals surface area contributed by atoms with Crippen LogP contribution in [0.4, 0.5) is 4.79 Å². The molecule has 0 bridgehead atoms. The van der Waals surface area contributed by atoms with Crippen molar-refractivity contribution in [2.75, 3.05) is 0 Å². The largest absolute Gasteiger partial charge is 0.460 e. The van der Waals surface area contributed by atoms with E-state index in [0.29, 0.717) is 0 Å². The van der Waals surface area contributed by atoms with Crippen molar-refractivity contribution in [3.63, 3.8) is 0 Å². The van der Waals surface area contributed by atoms with Gasteiger partial charge < -0.3 is 24.3 Å². The predicted molar refractivity (Wildman–Crippen MR) is 176 cm³/mol. The normalized spacial score (nSPS) is 12.9. The third-order valence-electron chi connectivity index (χ3n) is 7.36. The molecule has 3 rings (SSSR count). The molecule has 0 atom stereocenters. The molecule has 1 N–H and O–H groups in total. The minimum absolute atomic E-state index is 0.0310. The molecule has 1 aliphatic rings. The van der Waals surface area contributed by atoms with E-state index >= 15 is 0 Å². The maximum Gasteiger partial charge on any atom is 0.407 e. The first kappa shape index (κ1) is 36.6. The molecule has 0 aromatic heterocycles. The van der Waals surface area contributed by atoms with Crippen LogP contribution in [0.1, 0.15) is 118 Å². The quantitative estimate of drug-likeness (QED) is 0.159. The first-order chi connectivity index (χ1) is 21.2. The van der Waals surface area contributed by atoms with Gasteiger partial charge in [0.15, 0.2) is 0 Å². The number of nitrogens with one attached hydrogen (secondary N) is 1. The Morgan fingerprint density at radius 2 is 1.09 bits per heavy atom. The fraction of sp³-hybridized carbons (Fsp3) is 0.568. The van der Waals surface area contributed by atoms with E-state index in [9.17, 15) is 19.2 Å². The van der Waals surface area contributed by atoms with Gasteiger partial charge in [-0.1, -0.05) is 42.5 Å². The molecule has 0 saturated carbocycles. The van der Waals surface area contributed by atoms with Gasteiger partial charge in [-0.25, -0.2) is 4.79 Å². The van der Waals surface area contributed by atoms with Gasteiger partial charge in [0.1, 0.15) is 23.4 Å². The highest BCUT2D eigenvalue weighted by Gasteiger charge is 2.36. The highest BCUT2D eigenvalue weighted by Crippen LogP contribution is 2.38. The van der Waals surface area contributed by atoms with Gasteiger partial charge in [-0.05, 0) is 116 Å². The molecule has 2 aromatic carbocycles. The number of hydrogen-bond acceptors (Lipinski definition) is 8. The van der Waals surface area contributed by atoms with Crippen molar-refractivity contribution in [2.45, 2.75) is 136 Å². The summed E-state index contributed by atoms with van der Waals surface area (Å²) in [4.78, 5) is 51.9. The van der Waals surface area contributed by atoms with E-state index in [2.05, 4.69) is 23.5 Å². The molecule has 252 valence electrons. The summed E-state index contributed by atoms with van der Waals surface area (Å²) in [5, 5.41) is 2.96. The first-order valence-corrected chi connectivity index (χ1v) is 16.0. The Morgan fingerprint density at radius 3 is 1.57 bits per heavy atom. The average Bonchev–Trinajstić information content (AvgIpc) is 3.29. The predicted octanol–water partition coefficient (Wildman–Crippen LogP) is 7.59. The maximum absolute atomic E-state index is 13.5. The first-order valence-electron chi connectivity index (χ1n) is 16.0. The van der Waals surface area contributed by atoms with Crippen molar-refractivity contribution in [1.82, 2.24) is 5.32 Å². The average molecular weight is 638 g/mol.